The maximum atomic E-state index is 12.3. The molecule has 1 aliphatic rings. The quantitative estimate of drug-likeness (QED) is 0.768. The third kappa shape index (κ3) is 4.89. The molecular formula is C20H20N2O4S. The third-order valence-corrected chi connectivity index (χ3v) is 5.10. The molecule has 27 heavy (non-hydrogen) atoms. The number of carbonyl (C=O) groups excluding carboxylic acids is 3. The van der Waals surface area contributed by atoms with Gasteiger partial charge in [0, 0.05) is 17.0 Å². The van der Waals surface area contributed by atoms with Crippen molar-refractivity contribution in [3.05, 3.63) is 54.1 Å². The fourth-order valence-electron chi connectivity index (χ4n) is 2.58. The first kappa shape index (κ1) is 19.0. The number of thioether (sulfide) groups is 1. The maximum Gasteiger partial charge on any atom is 0.338 e. The number of rotatable bonds is 5. The van der Waals surface area contributed by atoms with Crippen LogP contribution in [0.5, 0.6) is 0 Å². The molecule has 0 aromatic heterocycles. The molecule has 1 atom stereocenters. The van der Waals surface area contributed by atoms with Crippen molar-refractivity contribution in [1.29, 1.82) is 0 Å². The molecular weight excluding hydrogens is 364 g/mol. The first-order valence-corrected chi connectivity index (χ1v) is 9.48. The second-order valence-electron chi connectivity index (χ2n) is 6.38. The summed E-state index contributed by atoms with van der Waals surface area (Å²) in [5.41, 5.74) is 1.75. The zero-order chi connectivity index (χ0) is 19.4. The van der Waals surface area contributed by atoms with Crippen LogP contribution in [0.1, 0.15) is 30.6 Å². The average molecular weight is 384 g/mol. The summed E-state index contributed by atoms with van der Waals surface area (Å²) < 4.78 is 5.12. The molecule has 3 rings (SSSR count). The Morgan fingerprint density at radius 2 is 1.85 bits per heavy atom. The minimum Gasteiger partial charge on any atom is -0.459 e. The zero-order valence-corrected chi connectivity index (χ0v) is 15.8. The number of carbonyl (C=O) groups is 3. The van der Waals surface area contributed by atoms with Crippen LogP contribution in [0, 0.1) is 0 Å². The van der Waals surface area contributed by atoms with E-state index in [1.54, 1.807) is 38.1 Å². The van der Waals surface area contributed by atoms with E-state index in [1.165, 1.54) is 11.8 Å². The minimum atomic E-state index is -0.486. The number of esters is 1. The lowest BCUT2D eigenvalue weighted by atomic mass is 10.2. The van der Waals surface area contributed by atoms with Crippen LogP contribution in [0.2, 0.25) is 0 Å². The molecule has 2 aromatic rings. The van der Waals surface area contributed by atoms with E-state index in [0.29, 0.717) is 11.3 Å². The van der Waals surface area contributed by atoms with Crippen LogP contribution in [-0.2, 0) is 14.3 Å². The van der Waals surface area contributed by atoms with Gasteiger partial charge >= 0.3 is 5.97 Å². The number of amides is 2. The highest BCUT2D eigenvalue weighted by atomic mass is 32.2. The van der Waals surface area contributed by atoms with Gasteiger partial charge in [0.25, 0.3) is 0 Å². The monoisotopic (exact) mass is 384 g/mol. The molecule has 1 heterocycles. The summed E-state index contributed by atoms with van der Waals surface area (Å²) in [4.78, 5) is 37.3. The van der Waals surface area contributed by atoms with E-state index in [1.807, 2.05) is 24.3 Å². The minimum absolute atomic E-state index is 0.0575. The van der Waals surface area contributed by atoms with Crippen molar-refractivity contribution in [2.75, 3.05) is 10.6 Å². The van der Waals surface area contributed by atoms with Crippen molar-refractivity contribution in [3.8, 4) is 0 Å². The van der Waals surface area contributed by atoms with Crippen LogP contribution in [0.3, 0.4) is 0 Å². The normalized spacial score (nSPS) is 15.7. The second-order valence-corrected chi connectivity index (χ2v) is 7.62. The molecule has 0 unspecified atom stereocenters. The van der Waals surface area contributed by atoms with Crippen molar-refractivity contribution in [1.82, 2.24) is 0 Å². The lowest BCUT2D eigenvalue weighted by Gasteiger charge is -2.23. The molecule has 0 bridgehead atoms. The highest BCUT2D eigenvalue weighted by Gasteiger charge is 2.28. The van der Waals surface area contributed by atoms with Gasteiger partial charge in [0.05, 0.1) is 22.6 Å². The molecule has 2 amide bonds. The smallest absolute Gasteiger partial charge is 0.338 e. The Hall–Kier alpha value is -2.80. The lowest BCUT2D eigenvalue weighted by Crippen LogP contribution is -2.32. The van der Waals surface area contributed by atoms with Crippen molar-refractivity contribution in [3.63, 3.8) is 0 Å². The molecule has 0 saturated heterocycles. The van der Waals surface area contributed by atoms with Crippen LogP contribution in [0.25, 0.3) is 0 Å². The van der Waals surface area contributed by atoms with E-state index in [-0.39, 0.29) is 24.3 Å². The van der Waals surface area contributed by atoms with Crippen LogP contribution in [-0.4, -0.2) is 29.1 Å². The maximum absolute atomic E-state index is 12.3. The molecule has 140 valence electrons. The number of ether oxygens (including phenoxy) is 1. The Morgan fingerprint density at radius 1 is 1.15 bits per heavy atom. The molecule has 0 fully saturated rings. The molecule has 7 heteroatoms. The van der Waals surface area contributed by atoms with E-state index in [2.05, 4.69) is 10.6 Å². The van der Waals surface area contributed by atoms with Crippen molar-refractivity contribution < 1.29 is 19.1 Å². The van der Waals surface area contributed by atoms with Gasteiger partial charge in [-0.1, -0.05) is 12.1 Å². The van der Waals surface area contributed by atoms with Gasteiger partial charge in [-0.2, -0.15) is 0 Å². The van der Waals surface area contributed by atoms with Crippen molar-refractivity contribution >= 4 is 40.9 Å². The molecule has 0 aliphatic carbocycles. The van der Waals surface area contributed by atoms with Gasteiger partial charge in [-0.3, -0.25) is 9.59 Å². The molecule has 2 aromatic carbocycles. The van der Waals surface area contributed by atoms with Gasteiger partial charge in [0.2, 0.25) is 11.8 Å². The summed E-state index contributed by atoms with van der Waals surface area (Å²) in [5.74, 6) is -0.850. The van der Waals surface area contributed by atoms with E-state index in [4.69, 9.17) is 4.74 Å². The second kappa shape index (κ2) is 8.26. The molecule has 0 radical (unpaired) electrons. The Balaban J connectivity index is 1.58. The van der Waals surface area contributed by atoms with Gasteiger partial charge in [0.15, 0.2) is 0 Å². The van der Waals surface area contributed by atoms with Crippen molar-refractivity contribution in [2.24, 2.45) is 0 Å². The Labute approximate surface area is 161 Å². The third-order valence-electron chi connectivity index (χ3n) is 3.82. The summed E-state index contributed by atoms with van der Waals surface area (Å²) in [5, 5.41) is 5.09. The summed E-state index contributed by atoms with van der Waals surface area (Å²) in [6.45, 7) is 3.56. The van der Waals surface area contributed by atoms with E-state index >= 15 is 0 Å². The molecule has 0 spiro atoms. The summed E-state index contributed by atoms with van der Waals surface area (Å²) in [6.07, 6.45) is -0.136. The van der Waals surface area contributed by atoms with E-state index in [0.717, 1.165) is 10.6 Å². The van der Waals surface area contributed by atoms with Crippen LogP contribution >= 0.6 is 11.8 Å². The number of benzene rings is 2. The Kier molecular flexibility index (Phi) is 5.81. The summed E-state index contributed by atoms with van der Waals surface area (Å²) >= 11 is 1.38. The molecule has 0 saturated carbocycles. The van der Waals surface area contributed by atoms with Crippen molar-refractivity contribution in [2.45, 2.75) is 36.5 Å². The predicted molar refractivity (Wildman–Crippen MR) is 105 cm³/mol. The summed E-state index contributed by atoms with van der Waals surface area (Å²) in [7, 11) is 0. The van der Waals surface area contributed by atoms with Gasteiger partial charge in [-0.05, 0) is 50.2 Å². The fraction of sp³-hybridized carbons (Fsp3) is 0.250. The van der Waals surface area contributed by atoms with Crippen LogP contribution < -0.4 is 10.6 Å². The highest BCUT2D eigenvalue weighted by Crippen LogP contribution is 2.36. The molecule has 6 nitrogen and oxygen atoms in total. The predicted octanol–water partition coefficient (Wildman–Crippen LogP) is 3.69. The van der Waals surface area contributed by atoms with E-state index in [9.17, 15) is 14.4 Å². The SMILES string of the molecule is CC(C)OC(=O)c1ccc(NC(=O)C[C@@H]2Sc3ccccc3NC2=O)cc1. The van der Waals surface area contributed by atoms with Crippen LogP contribution in [0.4, 0.5) is 11.4 Å². The Morgan fingerprint density at radius 3 is 2.56 bits per heavy atom. The zero-order valence-electron chi connectivity index (χ0n) is 15.0. The van der Waals surface area contributed by atoms with E-state index < -0.39 is 11.2 Å². The van der Waals surface area contributed by atoms with Gasteiger partial charge in [-0.15, -0.1) is 11.8 Å². The number of hydrogen-bond acceptors (Lipinski definition) is 5. The van der Waals surface area contributed by atoms with Gasteiger partial charge in [-0.25, -0.2) is 4.79 Å². The average Bonchev–Trinajstić information content (AvgIpc) is 2.62. The number of nitrogens with one attached hydrogen (secondary N) is 2. The first-order valence-electron chi connectivity index (χ1n) is 8.60. The Bertz CT molecular complexity index is 865. The summed E-state index contributed by atoms with van der Waals surface area (Å²) in [6, 6.07) is 14.0. The van der Waals surface area contributed by atoms with Gasteiger partial charge < -0.3 is 15.4 Å². The largest absolute Gasteiger partial charge is 0.459 e. The number of para-hydroxylation sites is 1. The number of hydrogen-bond donors (Lipinski definition) is 2. The number of anilines is 2. The lowest BCUT2D eigenvalue weighted by molar-refractivity contribution is -0.120. The number of fused-ring (bicyclic) bond motifs is 1. The molecule has 1 aliphatic heterocycles. The van der Waals surface area contributed by atoms with Crippen LogP contribution in [0.15, 0.2) is 53.4 Å². The standard InChI is InChI=1S/C20H20N2O4S/c1-12(2)26-20(25)13-7-9-14(10-8-13)21-18(23)11-17-19(24)22-15-5-3-4-6-16(15)27-17/h3-10,12,17H,11H2,1-2H3,(H,21,23)(H,22,24)/t17-/m0/s1. The highest BCUT2D eigenvalue weighted by molar-refractivity contribution is 8.01. The topological polar surface area (TPSA) is 84.5 Å². The van der Waals surface area contributed by atoms with Gasteiger partial charge in [0.1, 0.15) is 0 Å². The first-order chi connectivity index (χ1) is 12.9. The molecule has 2 N–H and O–H groups in total. The fourth-order valence-corrected chi connectivity index (χ4v) is 3.69.